The van der Waals surface area contributed by atoms with Crippen molar-refractivity contribution in [2.45, 2.75) is 0 Å². The van der Waals surface area contributed by atoms with Crippen molar-refractivity contribution in [3.05, 3.63) is 64.5 Å². The molecular weight excluding hydrogens is 284 g/mol. The van der Waals surface area contributed by atoms with Crippen molar-refractivity contribution in [3.63, 3.8) is 0 Å². The molecule has 2 heterocycles. The molecule has 0 atom stereocenters. The molecule has 21 heavy (non-hydrogen) atoms. The zero-order valence-electron chi connectivity index (χ0n) is 11.0. The number of aromatic amines is 1. The number of rotatable bonds is 4. The fourth-order valence-electron chi connectivity index (χ4n) is 1.77. The summed E-state index contributed by atoms with van der Waals surface area (Å²) < 4.78 is 0. The molecule has 3 aromatic rings. The van der Waals surface area contributed by atoms with Gasteiger partial charge in [0.2, 0.25) is 0 Å². The number of hydrazone groups is 1. The van der Waals surface area contributed by atoms with Gasteiger partial charge in [0.25, 0.3) is 5.91 Å². The molecule has 0 unspecified atom stereocenters. The van der Waals surface area contributed by atoms with Crippen LogP contribution >= 0.6 is 11.3 Å². The lowest BCUT2D eigenvalue weighted by Crippen LogP contribution is -2.17. The summed E-state index contributed by atoms with van der Waals surface area (Å²) >= 11 is 1.58. The van der Waals surface area contributed by atoms with Crippen molar-refractivity contribution < 1.29 is 4.79 Å². The number of nitrogens with zero attached hydrogens (tertiary/aromatic N) is 2. The van der Waals surface area contributed by atoms with Gasteiger partial charge in [-0.3, -0.25) is 9.89 Å². The molecule has 0 aliphatic rings. The van der Waals surface area contributed by atoms with Crippen molar-refractivity contribution in [2.75, 3.05) is 0 Å². The second kappa shape index (κ2) is 6.15. The number of aromatic nitrogens is 2. The molecule has 1 amide bonds. The van der Waals surface area contributed by atoms with Crippen LogP contribution in [0.1, 0.15) is 16.1 Å². The van der Waals surface area contributed by atoms with Crippen LogP contribution in [0.3, 0.4) is 0 Å². The van der Waals surface area contributed by atoms with E-state index in [-0.39, 0.29) is 5.91 Å². The van der Waals surface area contributed by atoms with Gasteiger partial charge in [0.05, 0.1) is 11.9 Å². The van der Waals surface area contributed by atoms with Crippen LogP contribution in [-0.2, 0) is 0 Å². The predicted molar refractivity (Wildman–Crippen MR) is 83.4 cm³/mol. The van der Waals surface area contributed by atoms with Gasteiger partial charge in [0.15, 0.2) is 0 Å². The summed E-state index contributed by atoms with van der Waals surface area (Å²) in [5.74, 6) is -0.323. The molecule has 0 saturated carbocycles. The first kappa shape index (κ1) is 13.3. The van der Waals surface area contributed by atoms with Crippen molar-refractivity contribution in [2.24, 2.45) is 5.10 Å². The first-order valence-corrected chi connectivity index (χ1v) is 7.23. The Hall–Kier alpha value is -2.73. The summed E-state index contributed by atoms with van der Waals surface area (Å²) in [6.45, 7) is 0. The standard InChI is InChI=1S/C15H12N4OS/c20-15(19-16-9-11-6-7-21-10-11)14-8-13(17-18-14)12-4-2-1-3-5-12/h1-10H,(H,17,18)(H,19,20)/b16-9-. The number of hydrogen-bond donors (Lipinski definition) is 2. The van der Waals surface area contributed by atoms with Crippen LogP contribution in [0.25, 0.3) is 11.3 Å². The van der Waals surface area contributed by atoms with Gasteiger partial charge >= 0.3 is 0 Å². The average molecular weight is 296 g/mol. The Kier molecular flexibility index (Phi) is 3.88. The number of hydrogen-bond acceptors (Lipinski definition) is 4. The molecular formula is C15H12N4OS. The van der Waals surface area contributed by atoms with Crippen molar-refractivity contribution in [1.82, 2.24) is 15.6 Å². The summed E-state index contributed by atoms with van der Waals surface area (Å²) in [7, 11) is 0. The lowest BCUT2D eigenvalue weighted by Gasteiger charge is -1.94. The Morgan fingerprint density at radius 3 is 2.90 bits per heavy atom. The van der Waals surface area contributed by atoms with Crippen LogP contribution in [-0.4, -0.2) is 22.3 Å². The molecule has 6 heteroatoms. The third-order valence-corrected chi connectivity index (χ3v) is 3.52. The summed E-state index contributed by atoms with van der Waals surface area (Å²) in [5, 5.41) is 14.6. The smallest absolute Gasteiger partial charge is 0.272 e. The fraction of sp³-hybridized carbons (Fsp3) is 0. The molecule has 2 aromatic heterocycles. The highest BCUT2D eigenvalue weighted by Crippen LogP contribution is 2.16. The maximum absolute atomic E-state index is 11.9. The Bertz CT molecular complexity index is 747. The van der Waals surface area contributed by atoms with Gasteiger partial charge in [0.1, 0.15) is 5.69 Å². The van der Waals surface area contributed by atoms with E-state index in [1.165, 1.54) is 0 Å². The quantitative estimate of drug-likeness (QED) is 0.574. The van der Waals surface area contributed by atoms with Crippen molar-refractivity contribution >= 4 is 23.5 Å². The first-order valence-electron chi connectivity index (χ1n) is 6.29. The molecule has 0 saturated heterocycles. The number of thiophene rings is 1. The van der Waals surface area contributed by atoms with Gasteiger partial charge in [-0.25, -0.2) is 5.43 Å². The van der Waals surface area contributed by atoms with Crippen molar-refractivity contribution in [1.29, 1.82) is 0 Å². The number of carbonyl (C=O) groups excluding carboxylic acids is 1. The van der Waals surface area contributed by atoms with E-state index in [1.807, 2.05) is 47.2 Å². The second-order valence-corrected chi connectivity index (χ2v) is 5.07. The van der Waals surface area contributed by atoms with Gasteiger partial charge < -0.3 is 0 Å². The summed E-state index contributed by atoms with van der Waals surface area (Å²) in [6, 6.07) is 13.3. The Morgan fingerprint density at radius 2 is 2.14 bits per heavy atom. The highest BCUT2D eigenvalue weighted by atomic mass is 32.1. The minimum Gasteiger partial charge on any atom is -0.272 e. The predicted octanol–water partition coefficient (Wildman–Crippen LogP) is 2.90. The van der Waals surface area contributed by atoms with E-state index in [2.05, 4.69) is 20.7 Å². The lowest BCUT2D eigenvalue weighted by atomic mass is 10.1. The van der Waals surface area contributed by atoms with Gasteiger partial charge in [-0.05, 0) is 22.9 Å². The number of H-pyrrole nitrogens is 1. The number of amides is 1. The summed E-state index contributed by atoms with van der Waals surface area (Å²) in [6.07, 6.45) is 1.60. The normalized spacial score (nSPS) is 10.9. The molecule has 0 bridgehead atoms. The highest BCUT2D eigenvalue weighted by Gasteiger charge is 2.09. The summed E-state index contributed by atoms with van der Waals surface area (Å²) in [4.78, 5) is 11.9. The van der Waals surface area contributed by atoms with Crippen LogP contribution in [0, 0.1) is 0 Å². The van der Waals surface area contributed by atoms with Crippen LogP contribution < -0.4 is 5.43 Å². The van der Waals surface area contributed by atoms with Gasteiger partial charge in [-0.2, -0.15) is 21.5 Å². The Balaban J connectivity index is 1.67. The largest absolute Gasteiger partial charge is 0.289 e. The maximum Gasteiger partial charge on any atom is 0.289 e. The highest BCUT2D eigenvalue weighted by molar-refractivity contribution is 7.08. The molecule has 104 valence electrons. The molecule has 0 radical (unpaired) electrons. The SMILES string of the molecule is O=C(N/N=C\c1ccsc1)c1cc(-c2ccccc2)n[nH]1. The maximum atomic E-state index is 11.9. The zero-order chi connectivity index (χ0) is 14.5. The van der Waals surface area contributed by atoms with E-state index >= 15 is 0 Å². The van der Waals surface area contributed by atoms with E-state index in [1.54, 1.807) is 23.6 Å². The Morgan fingerprint density at radius 1 is 1.29 bits per heavy atom. The van der Waals surface area contributed by atoms with E-state index in [0.717, 1.165) is 16.8 Å². The second-order valence-electron chi connectivity index (χ2n) is 4.29. The molecule has 3 rings (SSSR count). The topological polar surface area (TPSA) is 70.1 Å². The molecule has 0 aliphatic carbocycles. The minimum absolute atomic E-state index is 0.323. The van der Waals surface area contributed by atoms with Crippen LogP contribution in [0.2, 0.25) is 0 Å². The van der Waals surface area contributed by atoms with Crippen molar-refractivity contribution in [3.8, 4) is 11.3 Å². The first-order chi connectivity index (χ1) is 10.3. The van der Waals surface area contributed by atoms with Crippen LogP contribution in [0.4, 0.5) is 0 Å². The molecule has 2 N–H and O–H groups in total. The molecule has 1 aromatic carbocycles. The fourth-order valence-corrected chi connectivity index (χ4v) is 2.38. The van der Waals surface area contributed by atoms with Crippen LogP contribution in [0.5, 0.6) is 0 Å². The van der Waals surface area contributed by atoms with E-state index < -0.39 is 0 Å². The average Bonchev–Trinajstić information content (AvgIpc) is 3.20. The third kappa shape index (κ3) is 3.24. The van der Waals surface area contributed by atoms with Crippen LogP contribution in [0.15, 0.2) is 58.3 Å². The number of benzene rings is 1. The van der Waals surface area contributed by atoms with Gasteiger partial charge in [0, 0.05) is 11.1 Å². The number of carbonyl (C=O) groups is 1. The third-order valence-electron chi connectivity index (χ3n) is 2.81. The molecule has 0 fully saturated rings. The van der Waals surface area contributed by atoms with Gasteiger partial charge in [-0.1, -0.05) is 30.3 Å². The monoisotopic (exact) mass is 296 g/mol. The van der Waals surface area contributed by atoms with E-state index in [0.29, 0.717) is 5.69 Å². The molecule has 0 spiro atoms. The minimum atomic E-state index is -0.323. The molecule has 5 nitrogen and oxygen atoms in total. The zero-order valence-corrected chi connectivity index (χ0v) is 11.8. The molecule has 0 aliphatic heterocycles. The van der Waals surface area contributed by atoms with E-state index in [4.69, 9.17) is 0 Å². The van der Waals surface area contributed by atoms with E-state index in [9.17, 15) is 4.79 Å². The lowest BCUT2D eigenvalue weighted by molar-refractivity contribution is 0.0950. The number of nitrogens with one attached hydrogen (secondary N) is 2. The Labute approximate surface area is 125 Å². The summed E-state index contributed by atoms with van der Waals surface area (Å²) in [5.41, 5.74) is 5.47. The van der Waals surface area contributed by atoms with Gasteiger partial charge in [-0.15, -0.1) is 0 Å².